The Bertz CT molecular complexity index is 1060. The van der Waals surface area contributed by atoms with Crippen molar-refractivity contribution in [1.82, 2.24) is 9.78 Å². The topological polar surface area (TPSA) is 76.0 Å². The summed E-state index contributed by atoms with van der Waals surface area (Å²) in [5, 5.41) is 10.0. The minimum atomic E-state index is -0.315. The maximum absolute atomic E-state index is 13.2. The highest BCUT2D eigenvalue weighted by Crippen LogP contribution is 2.28. The first-order valence-corrected chi connectivity index (χ1v) is 9.07. The van der Waals surface area contributed by atoms with E-state index in [2.05, 4.69) is 15.7 Å². The van der Waals surface area contributed by atoms with Gasteiger partial charge in [-0.2, -0.15) is 5.10 Å². The Labute approximate surface area is 161 Å². The molecule has 2 aromatic carbocycles. The average Bonchev–Trinajstić information content (AvgIpc) is 3.25. The molecule has 1 aromatic heterocycles. The van der Waals surface area contributed by atoms with Crippen LogP contribution in [0.1, 0.15) is 35.1 Å². The van der Waals surface area contributed by atoms with Crippen molar-refractivity contribution in [3.8, 4) is 5.69 Å². The highest BCUT2D eigenvalue weighted by atomic mass is 19.1. The van der Waals surface area contributed by atoms with E-state index in [-0.39, 0.29) is 17.6 Å². The molecule has 7 heteroatoms. The number of benzene rings is 2. The summed E-state index contributed by atoms with van der Waals surface area (Å²) < 4.78 is 15.0. The second-order valence-corrected chi connectivity index (χ2v) is 6.73. The summed E-state index contributed by atoms with van der Waals surface area (Å²) in [6.45, 7) is 1.43. The van der Waals surface area contributed by atoms with Crippen LogP contribution in [0, 0.1) is 5.82 Å². The number of anilines is 2. The molecule has 0 radical (unpaired) electrons. The van der Waals surface area contributed by atoms with Gasteiger partial charge in [0.1, 0.15) is 5.82 Å². The predicted octanol–water partition coefficient (Wildman–Crippen LogP) is 3.71. The summed E-state index contributed by atoms with van der Waals surface area (Å²) in [5.74, 6) is -0.803. The Hall–Kier alpha value is -3.48. The lowest BCUT2D eigenvalue weighted by atomic mass is 10.2. The van der Waals surface area contributed by atoms with Crippen molar-refractivity contribution in [1.29, 1.82) is 0 Å². The minimum absolute atomic E-state index is 0.181. The lowest BCUT2D eigenvalue weighted by Crippen LogP contribution is -2.15. The van der Waals surface area contributed by atoms with Crippen LogP contribution in [-0.4, -0.2) is 21.6 Å². The third kappa shape index (κ3) is 3.51. The molecule has 2 N–H and O–H groups in total. The second-order valence-electron chi connectivity index (χ2n) is 6.73. The van der Waals surface area contributed by atoms with E-state index in [1.54, 1.807) is 41.1 Å². The van der Waals surface area contributed by atoms with Gasteiger partial charge in [0.2, 0.25) is 5.91 Å². The number of carbonyl (C=O) groups excluding carboxylic acids is 2. The van der Waals surface area contributed by atoms with Crippen LogP contribution in [0.5, 0.6) is 0 Å². The molecule has 28 heavy (non-hydrogen) atoms. The van der Waals surface area contributed by atoms with Crippen molar-refractivity contribution in [3.63, 3.8) is 0 Å². The van der Waals surface area contributed by atoms with Crippen LogP contribution in [0.25, 0.3) is 5.69 Å². The van der Waals surface area contributed by atoms with E-state index in [9.17, 15) is 14.0 Å². The van der Waals surface area contributed by atoms with Gasteiger partial charge in [-0.1, -0.05) is 6.07 Å². The molecule has 142 valence electrons. The van der Waals surface area contributed by atoms with Crippen LogP contribution >= 0.6 is 0 Å². The van der Waals surface area contributed by atoms with Crippen LogP contribution < -0.4 is 10.6 Å². The van der Waals surface area contributed by atoms with E-state index < -0.39 is 0 Å². The first kappa shape index (κ1) is 17.9. The average molecular weight is 378 g/mol. The molecule has 0 atom stereocenters. The molecule has 0 saturated carbocycles. The van der Waals surface area contributed by atoms with Gasteiger partial charge in [-0.05, 0) is 61.7 Å². The Balaban J connectivity index is 1.63. The first-order valence-electron chi connectivity index (χ1n) is 9.07. The molecule has 1 aliphatic rings. The van der Waals surface area contributed by atoms with Crippen molar-refractivity contribution in [2.75, 3.05) is 10.6 Å². The van der Waals surface area contributed by atoms with E-state index in [0.717, 1.165) is 36.2 Å². The SMILES string of the molecule is CC(=O)Nc1cccc(NC(=O)c2nn(-c3ccc(F)cc3)c3c2CCC3)c1. The third-order valence-electron chi connectivity index (χ3n) is 4.66. The van der Waals surface area contributed by atoms with Crippen molar-refractivity contribution in [3.05, 3.63) is 71.3 Å². The van der Waals surface area contributed by atoms with Crippen molar-refractivity contribution < 1.29 is 14.0 Å². The molecule has 0 spiro atoms. The second kappa shape index (κ2) is 7.26. The van der Waals surface area contributed by atoms with Gasteiger partial charge in [-0.3, -0.25) is 9.59 Å². The van der Waals surface area contributed by atoms with Crippen molar-refractivity contribution in [2.45, 2.75) is 26.2 Å². The van der Waals surface area contributed by atoms with Crippen molar-refractivity contribution in [2.24, 2.45) is 0 Å². The number of aromatic nitrogens is 2. The van der Waals surface area contributed by atoms with Gasteiger partial charge in [-0.25, -0.2) is 9.07 Å². The van der Waals surface area contributed by atoms with Gasteiger partial charge in [0.15, 0.2) is 5.69 Å². The van der Waals surface area contributed by atoms with E-state index in [0.29, 0.717) is 17.1 Å². The van der Waals surface area contributed by atoms with Gasteiger partial charge in [0.05, 0.1) is 5.69 Å². The van der Waals surface area contributed by atoms with Gasteiger partial charge < -0.3 is 10.6 Å². The predicted molar refractivity (Wildman–Crippen MR) is 104 cm³/mol. The fraction of sp³-hybridized carbons (Fsp3) is 0.190. The third-order valence-corrected chi connectivity index (χ3v) is 4.66. The number of amides is 2. The molecule has 0 saturated heterocycles. The van der Waals surface area contributed by atoms with Crippen LogP contribution in [0.15, 0.2) is 48.5 Å². The van der Waals surface area contributed by atoms with Crippen LogP contribution in [-0.2, 0) is 17.6 Å². The quantitative estimate of drug-likeness (QED) is 0.727. The largest absolute Gasteiger partial charge is 0.326 e. The van der Waals surface area contributed by atoms with Gasteiger partial charge in [0.25, 0.3) is 5.91 Å². The summed E-state index contributed by atoms with van der Waals surface area (Å²) >= 11 is 0. The molecule has 0 unspecified atom stereocenters. The molecule has 1 heterocycles. The highest BCUT2D eigenvalue weighted by molar-refractivity contribution is 6.04. The van der Waals surface area contributed by atoms with E-state index in [4.69, 9.17) is 0 Å². The maximum atomic E-state index is 13.2. The monoisotopic (exact) mass is 378 g/mol. The molecule has 1 aliphatic carbocycles. The molecule has 4 rings (SSSR count). The summed E-state index contributed by atoms with van der Waals surface area (Å²) in [5.41, 5.74) is 4.20. The summed E-state index contributed by atoms with van der Waals surface area (Å²) in [6.07, 6.45) is 2.56. The normalized spacial score (nSPS) is 12.5. The maximum Gasteiger partial charge on any atom is 0.276 e. The molecular formula is C21H19FN4O2. The Kier molecular flexibility index (Phi) is 4.65. The standard InChI is InChI=1S/C21H19FN4O2/c1-13(27)23-15-4-2-5-16(12-15)24-21(28)20-18-6-3-7-19(18)26(25-20)17-10-8-14(22)9-11-17/h2,4-5,8-12H,3,6-7H2,1H3,(H,23,27)(H,24,28). The lowest BCUT2D eigenvalue weighted by molar-refractivity contribution is -0.114. The number of hydrogen-bond acceptors (Lipinski definition) is 3. The number of fused-ring (bicyclic) bond motifs is 1. The number of rotatable bonds is 4. The van der Waals surface area contributed by atoms with Gasteiger partial charge in [-0.15, -0.1) is 0 Å². The molecule has 0 fully saturated rings. The zero-order valence-corrected chi connectivity index (χ0v) is 15.3. The van der Waals surface area contributed by atoms with Gasteiger partial charge in [0, 0.05) is 29.6 Å². The molecule has 3 aromatic rings. The summed E-state index contributed by atoms with van der Waals surface area (Å²) in [4.78, 5) is 24.1. The van der Waals surface area contributed by atoms with Crippen LogP contribution in [0.4, 0.5) is 15.8 Å². The summed E-state index contributed by atoms with van der Waals surface area (Å²) in [7, 11) is 0. The Morgan fingerprint density at radius 2 is 1.75 bits per heavy atom. The number of hydrogen-bond donors (Lipinski definition) is 2. The molecular weight excluding hydrogens is 359 g/mol. The van der Waals surface area contributed by atoms with Crippen LogP contribution in [0.3, 0.4) is 0 Å². The van der Waals surface area contributed by atoms with E-state index in [1.165, 1.54) is 19.1 Å². The smallest absolute Gasteiger partial charge is 0.276 e. The molecule has 6 nitrogen and oxygen atoms in total. The van der Waals surface area contributed by atoms with E-state index >= 15 is 0 Å². The zero-order chi connectivity index (χ0) is 19.7. The van der Waals surface area contributed by atoms with Crippen LogP contribution in [0.2, 0.25) is 0 Å². The number of carbonyl (C=O) groups is 2. The Morgan fingerprint density at radius 3 is 2.46 bits per heavy atom. The van der Waals surface area contributed by atoms with Crippen molar-refractivity contribution >= 4 is 23.2 Å². The van der Waals surface area contributed by atoms with Gasteiger partial charge >= 0.3 is 0 Å². The number of nitrogens with one attached hydrogen (secondary N) is 2. The minimum Gasteiger partial charge on any atom is -0.326 e. The number of nitrogens with zero attached hydrogens (tertiary/aromatic N) is 2. The lowest BCUT2D eigenvalue weighted by Gasteiger charge is -2.07. The summed E-state index contributed by atoms with van der Waals surface area (Å²) in [6, 6.07) is 13.0. The zero-order valence-electron chi connectivity index (χ0n) is 15.3. The fourth-order valence-electron chi connectivity index (χ4n) is 3.48. The highest BCUT2D eigenvalue weighted by Gasteiger charge is 2.27. The molecule has 0 bridgehead atoms. The molecule has 0 aliphatic heterocycles. The fourth-order valence-corrected chi connectivity index (χ4v) is 3.48. The molecule has 2 amide bonds. The Morgan fingerprint density at radius 1 is 1.04 bits per heavy atom. The van der Waals surface area contributed by atoms with E-state index in [1.807, 2.05) is 0 Å². The number of halogens is 1. The first-order chi connectivity index (χ1) is 13.5.